The number of aromatic nitrogens is 3. The molecule has 8 nitrogen and oxygen atoms in total. The van der Waals surface area contributed by atoms with Crippen molar-refractivity contribution in [2.24, 2.45) is 0 Å². The number of hydrogen-bond donors (Lipinski definition) is 0. The normalized spacial score (nSPS) is 17.6. The van der Waals surface area contributed by atoms with Crippen LogP contribution in [0.4, 0.5) is 5.69 Å². The second-order valence-electron chi connectivity index (χ2n) is 9.86. The third-order valence-electron chi connectivity index (χ3n) is 7.52. The molecule has 0 bridgehead atoms. The molecular weight excluding hydrogens is 464 g/mol. The van der Waals surface area contributed by atoms with E-state index in [1.54, 1.807) is 12.5 Å². The molecule has 0 unspecified atom stereocenters. The van der Waals surface area contributed by atoms with Gasteiger partial charge in [0.25, 0.3) is 5.91 Å². The Kier molecular flexibility index (Phi) is 6.08. The second kappa shape index (κ2) is 9.69. The summed E-state index contributed by atoms with van der Waals surface area (Å²) in [5, 5.41) is 0. The number of piperazine rings is 1. The van der Waals surface area contributed by atoms with E-state index in [2.05, 4.69) is 40.0 Å². The standard InChI is InChI=1S/C29H30N6O2/c1-21-17-32(15-16-35(21)27(36)19-34-20-31-25-10-6-13-30-28(25)34)26-11-5-9-22-12-14-33(18-24(22)26)29(37)23-7-3-2-4-8-23/h2-11,13,20-21H,12,14-19H2,1H3/t21-/m1/s1. The van der Waals surface area contributed by atoms with Gasteiger partial charge in [-0.3, -0.25) is 9.59 Å². The molecule has 8 heteroatoms. The second-order valence-corrected chi connectivity index (χ2v) is 9.86. The van der Waals surface area contributed by atoms with Gasteiger partial charge >= 0.3 is 0 Å². The lowest BCUT2D eigenvalue weighted by Crippen LogP contribution is -2.55. The Morgan fingerprint density at radius 2 is 1.81 bits per heavy atom. The van der Waals surface area contributed by atoms with Gasteiger partial charge in [0.05, 0.1) is 6.33 Å². The zero-order valence-corrected chi connectivity index (χ0v) is 21.0. The van der Waals surface area contributed by atoms with Gasteiger partial charge in [-0.25, -0.2) is 9.97 Å². The first-order chi connectivity index (χ1) is 18.1. The Balaban J connectivity index is 1.16. The third-order valence-corrected chi connectivity index (χ3v) is 7.52. The van der Waals surface area contributed by atoms with E-state index in [-0.39, 0.29) is 24.4 Å². The largest absolute Gasteiger partial charge is 0.367 e. The molecule has 2 aromatic carbocycles. The van der Waals surface area contributed by atoms with Gasteiger partial charge in [0.1, 0.15) is 12.1 Å². The minimum Gasteiger partial charge on any atom is -0.367 e. The Morgan fingerprint density at radius 3 is 2.65 bits per heavy atom. The molecule has 1 fully saturated rings. The summed E-state index contributed by atoms with van der Waals surface area (Å²) in [5.74, 6) is 0.151. The predicted molar refractivity (Wildman–Crippen MR) is 142 cm³/mol. The number of rotatable bonds is 4. The molecule has 0 radical (unpaired) electrons. The van der Waals surface area contributed by atoms with Gasteiger partial charge in [-0.2, -0.15) is 0 Å². The Morgan fingerprint density at radius 1 is 0.946 bits per heavy atom. The van der Waals surface area contributed by atoms with Gasteiger partial charge in [0.2, 0.25) is 5.91 Å². The molecule has 2 aliphatic heterocycles. The Bertz CT molecular complexity index is 1450. The number of fused-ring (bicyclic) bond motifs is 2. The van der Waals surface area contributed by atoms with E-state index in [1.165, 1.54) is 16.8 Å². The molecule has 0 N–H and O–H groups in total. The number of benzene rings is 2. The SMILES string of the molecule is C[C@@H]1CN(c2cccc3c2CN(C(=O)c2ccccc2)CC3)CCN1C(=O)Cn1cnc2cccnc21. The quantitative estimate of drug-likeness (QED) is 0.435. The Hall–Kier alpha value is -4.20. The monoisotopic (exact) mass is 494 g/mol. The molecule has 0 saturated carbocycles. The lowest BCUT2D eigenvalue weighted by molar-refractivity contribution is -0.134. The molecule has 4 heterocycles. The zero-order valence-electron chi connectivity index (χ0n) is 21.0. The summed E-state index contributed by atoms with van der Waals surface area (Å²) in [7, 11) is 0. The maximum absolute atomic E-state index is 13.2. The van der Waals surface area contributed by atoms with Gasteiger partial charge in [-0.1, -0.05) is 30.3 Å². The lowest BCUT2D eigenvalue weighted by Gasteiger charge is -2.42. The summed E-state index contributed by atoms with van der Waals surface area (Å²) in [5.41, 5.74) is 5.95. The van der Waals surface area contributed by atoms with Gasteiger partial charge in [0, 0.05) is 56.2 Å². The highest BCUT2D eigenvalue weighted by Gasteiger charge is 2.31. The van der Waals surface area contributed by atoms with E-state index in [1.807, 2.05) is 56.8 Å². The first-order valence-electron chi connectivity index (χ1n) is 12.8. The molecule has 188 valence electrons. The summed E-state index contributed by atoms with van der Waals surface area (Å²) in [4.78, 5) is 41.4. The average Bonchev–Trinajstić information content (AvgIpc) is 3.35. The molecule has 2 aliphatic rings. The van der Waals surface area contributed by atoms with Gasteiger partial charge in [-0.15, -0.1) is 0 Å². The van der Waals surface area contributed by atoms with Crippen LogP contribution in [0.3, 0.4) is 0 Å². The fourth-order valence-electron chi connectivity index (χ4n) is 5.59. The zero-order chi connectivity index (χ0) is 25.4. The molecule has 2 amide bonds. The fraction of sp³-hybridized carbons (Fsp3) is 0.310. The Labute approximate surface area is 216 Å². The third kappa shape index (κ3) is 4.43. The fourth-order valence-corrected chi connectivity index (χ4v) is 5.59. The molecule has 1 saturated heterocycles. The van der Waals surface area contributed by atoms with Crippen LogP contribution >= 0.6 is 0 Å². The summed E-state index contributed by atoms with van der Waals surface area (Å²) in [6, 6.07) is 19.8. The maximum atomic E-state index is 13.2. The number of amides is 2. The van der Waals surface area contributed by atoms with Crippen LogP contribution in [0.15, 0.2) is 73.2 Å². The van der Waals surface area contributed by atoms with Crippen LogP contribution in [0.25, 0.3) is 11.2 Å². The first kappa shape index (κ1) is 23.2. The van der Waals surface area contributed by atoms with E-state index < -0.39 is 0 Å². The van der Waals surface area contributed by atoms with E-state index in [4.69, 9.17) is 0 Å². The van der Waals surface area contributed by atoms with Crippen LogP contribution in [0.2, 0.25) is 0 Å². The van der Waals surface area contributed by atoms with Crippen LogP contribution < -0.4 is 4.90 Å². The van der Waals surface area contributed by atoms with Crippen molar-refractivity contribution in [2.75, 3.05) is 31.1 Å². The highest BCUT2D eigenvalue weighted by atomic mass is 16.2. The van der Waals surface area contributed by atoms with Crippen LogP contribution in [0.1, 0.15) is 28.4 Å². The predicted octanol–water partition coefficient (Wildman–Crippen LogP) is 3.37. The van der Waals surface area contributed by atoms with Gasteiger partial charge in [-0.05, 0) is 54.8 Å². The van der Waals surface area contributed by atoms with Crippen LogP contribution in [-0.2, 0) is 24.3 Å². The van der Waals surface area contributed by atoms with E-state index in [0.717, 1.165) is 42.8 Å². The van der Waals surface area contributed by atoms with Crippen molar-refractivity contribution in [2.45, 2.75) is 32.5 Å². The molecule has 37 heavy (non-hydrogen) atoms. The molecule has 4 aromatic rings. The number of carbonyl (C=O) groups excluding carboxylic acids is 2. The maximum Gasteiger partial charge on any atom is 0.254 e. The summed E-state index contributed by atoms with van der Waals surface area (Å²) in [6.07, 6.45) is 4.26. The van der Waals surface area contributed by atoms with Gasteiger partial charge < -0.3 is 19.3 Å². The van der Waals surface area contributed by atoms with E-state index in [9.17, 15) is 9.59 Å². The number of nitrogens with zero attached hydrogens (tertiary/aromatic N) is 6. The van der Waals surface area contributed by atoms with Gasteiger partial charge in [0.15, 0.2) is 5.65 Å². The number of pyridine rings is 1. The van der Waals surface area contributed by atoms with Crippen molar-refractivity contribution in [1.82, 2.24) is 24.3 Å². The summed E-state index contributed by atoms with van der Waals surface area (Å²) >= 11 is 0. The number of carbonyl (C=O) groups is 2. The van der Waals surface area contributed by atoms with Crippen molar-refractivity contribution in [3.63, 3.8) is 0 Å². The number of imidazole rings is 1. The molecule has 0 spiro atoms. The molecule has 0 aliphatic carbocycles. The summed E-state index contributed by atoms with van der Waals surface area (Å²) < 4.78 is 1.82. The minimum atomic E-state index is 0.0606. The van der Waals surface area contributed by atoms with Crippen LogP contribution in [0.5, 0.6) is 0 Å². The van der Waals surface area contributed by atoms with E-state index >= 15 is 0 Å². The molecule has 2 aromatic heterocycles. The first-order valence-corrected chi connectivity index (χ1v) is 12.8. The highest BCUT2D eigenvalue weighted by molar-refractivity contribution is 5.94. The number of hydrogen-bond acceptors (Lipinski definition) is 5. The molecule has 1 atom stereocenters. The van der Waals surface area contributed by atoms with Crippen molar-refractivity contribution in [3.8, 4) is 0 Å². The summed E-state index contributed by atoms with van der Waals surface area (Å²) in [6.45, 7) is 5.81. The molecular formula is C29H30N6O2. The highest BCUT2D eigenvalue weighted by Crippen LogP contribution is 2.31. The van der Waals surface area contributed by atoms with Crippen LogP contribution in [0, 0.1) is 0 Å². The van der Waals surface area contributed by atoms with Crippen LogP contribution in [-0.4, -0.2) is 68.4 Å². The van der Waals surface area contributed by atoms with Crippen molar-refractivity contribution < 1.29 is 9.59 Å². The number of anilines is 1. The average molecular weight is 495 g/mol. The topological polar surface area (TPSA) is 74.6 Å². The minimum absolute atomic E-state index is 0.0606. The smallest absolute Gasteiger partial charge is 0.254 e. The van der Waals surface area contributed by atoms with Crippen molar-refractivity contribution in [3.05, 3.63) is 89.9 Å². The van der Waals surface area contributed by atoms with E-state index in [0.29, 0.717) is 13.1 Å². The molecule has 6 rings (SSSR count). The van der Waals surface area contributed by atoms with Crippen molar-refractivity contribution in [1.29, 1.82) is 0 Å². The van der Waals surface area contributed by atoms with Crippen molar-refractivity contribution >= 4 is 28.7 Å². The lowest BCUT2D eigenvalue weighted by atomic mass is 9.96.